The Labute approximate surface area is 242 Å². The van der Waals surface area contributed by atoms with Crippen LogP contribution in [0.25, 0.3) is 10.6 Å². The van der Waals surface area contributed by atoms with Gasteiger partial charge in [0.05, 0.1) is 0 Å². The van der Waals surface area contributed by atoms with E-state index in [-0.39, 0.29) is 13.1 Å². The summed E-state index contributed by atoms with van der Waals surface area (Å²) in [7, 11) is 9.53. The zero-order valence-electron chi connectivity index (χ0n) is 22.8. The van der Waals surface area contributed by atoms with Crippen molar-refractivity contribution < 1.29 is 13.1 Å². The molecule has 2 saturated carbocycles. The molecule has 0 spiro atoms. The van der Waals surface area contributed by atoms with Crippen molar-refractivity contribution in [1.29, 1.82) is 0 Å². The minimum absolute atomic E-state index is 0.194. The van der Waals surface area contributed by atoms with E-state index in [1.165, 1.54) is 115 Å². The zero-order chi connectivity index (χ0) is 25.7. The summed E-state index contributed by atoms with van der Waals surface area (Å²) in [5, 5.41) is 14.5. The molecule has 0 bridgehead atoms. The van der Waals surface area contributed by atoms with Crippen LogP contribution in [0.4, 0.5) is 0 Å². The predicted octanol–water partition coefficient (Wildman–Crippen LogP) is 8.46. The van der Waals surface area contributed by atoms with Crippen LogP contribution in [0, 0.1) is 11.8 Å². The normalized spacial score (nSPS) is 31.9. The third kappa shape index (κ3) is 10.3. The topological polar surface area (TPSA) is 43.5 Å². The number of rotatable bonds is 8. The molecule has 4 unspecified atom stereocenters. The van der Waals surface area contributed by atoms with Crippen molar-refractivity contribution in [1.82, 2.24) is 10.2 Å². The summed E-state index contributed by atoms with van der Waals surface area (Å²) in [4.78, 5) is 2.73. The first-order valence-corrected chi connectivity index (χ1v) is 18.4. The minimum atomic E-state index is 0.194. The van der Waals surface area contributed by atoms with Crippen molar-refractivity contribution in [3.05, 3.63) is 34.6 Å². The molecule has 0 aromatic heterocycles. The summed E-state index contributed by atoms with van der Waals surface area (Å²) in [6.45, 7) is 4.37. The van der Waals surface area contributed by atoms with Gasteiger partial charge in [-0.15, -0.1) is 18.3 Å². The van der Waals surface area contributed by atoms with Crippen molar-refractivity contribution in [3.63, 3.8) is 0 Å². The molecule has 2 aliphatic carbocycles. The standard InChI is InChI=1S/C30H50N4.2ClH.Fe/c1-3-11-24(12-4-1)29-18-9-16-27(32-29)22-34(21-26-15-7-8-20-31-26)23-28-17-10-19-30(33-28)25-13-5-2-6-14-25;;;/h9,16,18,24-26,28-30,33H,1-8,10-15,17,19-23H2;2*1H;/q-2;;;+2/p-2. The second kappa shape index (κ2) is 17.2. The Morgan fingerprint density at radius 2 is 1.51 bits per heavy atom. The van der Waals surface area contributed by atoms with Crippen LogP contribution in [-0.4, -0.2) is 55.2 Å². The second-order valence-electron chi connectivity index (χ2n) is 12.2. The summed E-state index contributed by atoms with van der Waals surface area (Å²) >= 11 is 0.194. The summed E-state index contributed by atoms with van der Waals surface area (Å²) in [6.07, 6.45) is 29.3. The molecule has 2 saturated heterocycles. The first kappa shape index (κ1) is 30.2. The molecule has 7 heteroatoms. The van der Waals surface area contributed by atoms with E-state index in [2.05, 4.69) is 28.4 Å². The van der Waals surface area contributed by atoms with Crippen molar-refractivity contribution in [2.24, 2.45) is 11.8 Å². The van der Waals surface area contributed by atoms with Crippen LogP contribution in [0.3, 0.4) is 0 Å². The van der Waals surface area contributed by atoms with Gasteiger partial charge in [0.15, 0.2) is 0 Å². The van der Waals surface area contributed by atoms with Crippen molar-refractivity contribution >= 4 is 20.2 Å². The summed E-state index contributed by atoms with van der Waals surface area (Å²) in [5.74, 6) is 1.70. The first-order chi connectivity index (χ1) is 18.2. The molecule has 3 aliphatic heterocycles. The maximum absolute atomic E-state index is 5.30. The molecular formula is C30H50Cl2FeN4-2. The molecule has 4 atom stereocenters. The van der Waals surface area contributed by atoms with Gasteiger partial charge >= 0.3 is 33.3 Å². The summed E-state index contributed by atoms with van der Waals surface area (Å²) in [6, 6.07) is 2.35. The monoisotopic (exact) mass is 592 g/mol. The van der Waals surface area contributed by atoms with Crippen LogP contribution in [0.5, 0.6) is 0 Å². The number of hydrogen-bond donors (Lipinski definition) is 1. The fourth-order valence-electron chi connectivity index (χ4n) is 7.54. The predicted molar refractivity (Wildman–Crippen MR) is 156 cm³/mol. The molecule has 5 rings (SSSR count). The van der Waals surface area contributed by atoms with E-state index in [9.17, 15) is 0 Å². The molecule has 37 heavy (non-hydrogen) atoms. The Bertz CT molecular complexity index is 687. The number of nitrogens with zero attached hydrogens (tertiary/aromatic N) is 3. The average molecular weight is 594 g/mol. The summed E-state index contributed by atoms with van der Waals surface area (Å²) in [5.41, 5.74) is 1.31. The molecule has 0 radical (unpaired) electrons. The molecule has 214 valence electrons. The van der Waals surface area contributed by atoms with Crippen LogP contribution in [0.2, 0.25) is 0 Å². The van der Waals surface area contributed by atoms with Gasteiger partial charge in [-0.25, -0.2) is 0 Å². The Hall–Kier alpha value is 0.259. The van der Waals surface area contributed by atoms with Gasteiger partial charge in [-0.2, -0.15) is 0 Å². The molecule has 0 aromatic carbocycles. The molecule has 1 N–H and O–H groups in total. The van der Waals surface area contributed by atoms with Crippen LogP contribution >= 0.6 is 20.2 Å². The van der Waals surface area contributed by atoms with Crippen LogP contribution in [-0.2, 0) is 13.1 Å². The van der Waals surface area contributed by atoms with E-state index >= 15 is 0 Å². The van der Waals surface area contributed by atoms with Gasteiger partial charge in [0.25, 0.3) is 0 Å². The third-order valence-corrected chi connectivity index (χ3v) is 9.45. The number of piperidine rings is 2. The molecule has 4 fully saturated rings. The summed E-state index contributed by atoms with van der Waals surface area (Å²) < 4.78 is 0. The van der Waals surface area contributed by atoms with Crippen LogP contribution in [0.15, 0.2) is 23.9 Å². The number of allylic oxidation sites excluding steroid dienone is 2. The van der Waals surface area contributed by atoms with Gasteiger partial charge in [0, 0.05) is 25.2 Å². The molecule has 4 nitrogen and oxygen atoms in total. The number of hydrogen-bond acceptors (Lipinski definition) is 2. The van der Waals surface area contributed by atoms with Gasteiger partial charge in [-0.3, -0.25) is 0 Å². The maximum atomic E-state index is 5.30. The van der Waals surface area contributed by atoms with E-state index in [1.807, 2.05) is 0 Å². The van der Waals surface area contributed by atoms with Crippen molar-refractivity contribution in [2.75, 3.05) is 26.2 Å². The zero-order valence-corrected chi connectivity index (χ0v) is 25.4. The van der Waals surface area contributed by atoms with E-state index in [1.54, 1.807) is 0 Å². The fourth-order valence-corrected chi connectivity index (χ4v) is 7.54. The molecule has 0 aromatic rings. The van der Waals surface area contributed by atoms with Gasteiger partial charge in [-0.05, 0) is 38.1 Å². The quantitative estimate of drug-likeness (QED) is 0.287. The Morgan fingerprint density at radius 1 is 0.811 bits per heavy atom. The van der Waals surface area contributed by atoms with Crippen molar-refractivity contribution in [2.45, 2.75) is 127 Å². The molecule has 0 amide bonds. The molecule has 3 heterocycles. The Morgan fingerprint density at radius 3 is 2.22 bits per heavy atom. The van der Waals surface area contributed by atoms with Gasteiger partial charge < -0.3 is 20.9 Å². The Kier molecular flexibility index (Phi) is 14.0. The van der Waals surface area contributed by atoms with Crippen LogP contribution < -0.4 is 5.32 Å². The average Bonchev–Trinajstić information content (AvgIpc) is 2.95. The SMILES string of the molecule is C1=CC(C2CCCCC2)[N-]C(CN(CC2CCCC[N-]2)CC2CCCC(C3CCCCC3)N2)=C1.[Cl][Fe][Cl]. The number of nitrogens with one attached hydrogen (secondary N) is 1. The third-order valence-electron chi connectivity index (χ3n) is 9.45. The molecule has 5 aliphatic rings. The van der Waals surface area contributed by atoms with Crippen molar-refractivity contribution in [3.8, 4) is 0 Å². The van der Waals surface area contributed by atoms with Gasteiger partial charge in [0.1, 0.15) is 0 Å². The van der Waals surface area contributed by atoms with Crippen LogP contribution in [0.1, 0.15) is 103 Å². The van der Waals surface area contributed by atoms with Gasteiger partial charge in [-0.1, -0.05) is 107 Å². The molecular weight excluding hydrogens is 543 g/mol. The Balaban J connectivity index is 0.00000102. The first-order valence-electron chi connectivity index (χ1n) is 15.3. The van der Waals surface area contributed by atoms with Gasteiger partial charge in [0.2, 0.25) is 0 Å². The van der Waals surface area contributed by atoms with E-state index in [0.717, 1.165) is 37.5 Å². The van der Waals surface area contributed by atoms with E-state index in [4.69, 9.17) is 30.8 Å². The van der Waals surface area contributed by atoms with E-state index in [0.29, 0.717) is 18.1 Å². The number of halogens is 2. The second-order valence-corrected chi connectivity index (χ2v) is 14.0. The van der Waals surface area contributed by atoms with E-state index < -0.39 is 0 Å². The fraction of sp³-hybridized carbons (Fsp3) is 0.867.